The Balaban J connectivity index is 2.12. The molecular formula is C12H21N5O. The zero-order chi connectivity index (χ0) is 13.0. The van der Waals surface area contributed by atoms with Crippen LogP contribution in [0.15, 0.2) is 6.20 Å². The summed E-state index contributed by atoms with van der Waals surface area (Å²) in [5.74, 6) is 0.144. The summed E-state index contributed by atoms with van der Waals surface area (Å²) in [6.45, 7) is 7.37. The molecule has 0 spiro atoms. The van der Waals surface area contributed by atoms with Crippen molar-refractivity contribution in [3.8, 4) is 0 Å². The van der Waals surface area contributed by atoms with Gasteiger partial charge in [-0.1, -0.05) is 12.1 Å². The Labute approximate surface area is 107 Å². The molecule has 1 fully saturated rings. The molecule has 2 rings (SSSR count). The molecule has 0 aliphatic carbocycles. The third kappa shape index (κ3) is 2.69. The minimum absolute atomic E-state index is 0.0345. The van der Waals surface area contributed by atoms with Crippen molar-refractivity contribution in [2.75, 3.05) is 13.1 Å². The second-order valence-corrected chi connectivity index (χ2v) is 4.58. The molecule has 1 amide bonds. The van der Waals surface area contributed by atoms with Crippen molar-refractivity contribution < 1.29 is 4.79 Å². The number of aryl methyl sites for hydroxylation is 1. The van der Waals surface area contributed by atoms with Crippen molar-refractivity contribution in [3.05, 3.63) is 11.9 Å². The first-order chi connectivity index (χ1) is 8.76. The van der Waals surface area contributed by atoms with Crippen molar-refractivity contribution in [1.82, 2.24) is 25.2 Å². The first-order valence-corrected chi connectivity index (χ1v) is 6.65. The average Bonchev–Trinajstić information content (AvgIpc) is 2.74. The highest BCUT2D eigenvalue weighted by Gasteiger charge is 2.27. The average molecular weight is 251 g/mol. The Bertz CT molecular complexity index is 403. The minimum atomic E-state index is -0.0345. The summed E-state index contributed by atoms with van der Waals surface area (Å²) in [6, 6.07) is -0.0345. The molecule has 100 valence electrons. The maximum absolute atomic E-state index is 11.9. The molecule has 0 unspecified atom stereocenters. The highest BCUT2D eigenvalue weighted by Crippen LogP contribution is 2.13. The fourth-order valence-electron chi connectivity index (χ4n) is 2.44. The molecule has 2 heterocycles. The molecular weight excluding hydrogens is 230 g/mol. The third-order valence-electron chi connectivity index (χ3n) is 3.41. The van der Waals surface area contributed by atoms with E-state index >= 15 is 0 Å². The second kappa shape index (κ2) is 5.95. The maximum atomic E-state index is 11.9. The Hall–Kier alpha value is -1.43. The van der Waals surface area contributed by atoms with E-state index in [4.69, 9.17) is 0 Å². The number of carbonyl (C=O) groups is 1. The van der Waals surface area contributed by atoms with E-state index in [0.717, 1.165) is 44.7 Å². The molecule has 1 aromatic heterocycles. The quantitative estimate of drug-likeness (QED) is 0.841. The van der Waals surface area contributed by atoms with E-state index in [2.05, 4.69) is 27.5 Å². The van der Waals surface area contributed by atoms with Crippen LogP contribution < -0.4 is 5.32 Å². The Kier molecular flexibility index (Phi) is 4.30. The van der Waals surface area contributed by atoms with Gasteiger partial charge in [0.15, 0.2) is 0 Å². The van der Waals surface area contributed by atoms with E-state index in [9.17, 15) is 4.79 Å². The zero-order valence-corrected chi connectivity index (χ0v) is 11.1. The first-order valence-electron chi connectivity index (χ1n) is 6.65. The minimum Gasteiger partial charge on any atom is -0.355 e. The van der Waals surface area contributed by atoms with Gasteiger partial charge in [-0.2, -0.15) is 0 Å². The Morgan fingerprint density at radius 1 is 1.50 bits per heavy atom. The smallest absolute Gasteiger partial charge is 0.237 e. The van der Waals surface area contributed by atoms with Crippen molar-refractivity contribution in [3.63, 3.8) is 0 Å². The van der Waals surface area contributed by atoms with Gasteiger partial charge in [-0.05, 0) is 19.8 Å². The van der Waals surface area contributed by atoms with Crippen LogP contribution in [-0.4, -0.2) is 44.9 Å². The van der Waals surface area contributed by atoms with Crippen LogP contribution in [0.25, 0.3) is 0 Å². The van der Waals surface area contributed by atoms with Gasteiger partial charge in [0.05, 0.1) is 17.9 Å². The fourth-order valence-corrected chi connectivity index (χ4v) is 2.44. The summed E-state index contributed by atoms with van der Waals surface area (Å²) in [7, 11) is 0. The lowest BCUT2D eigenvalue weighted by Crippen LogP contribution is -2.43. The Morgan fingerprint density at radius 3 is 3.06 bits per heavy atom. The molecule has 1 N–H and O–H groups in total. The van der Waals surface area contributed by atoms with Crippen LogP contribution in [0.3, 0.4) is 0 Å². The van der Waals surface area contributed by atoms with Gasteiger partial charge < -0.3 is 5.32 Å². The number of hydrogen-bond donors (Lipinski definition) is 1. The second-order valence-electron chi connectivity index (χ2n) is 4.58. The maximum Gasteiger partial charge on any atom is 0.237 e. The fraction of sp³-hybridized carbons (Fsp3) is 0.750. The highest BCUT2D eigenvalue weighted by atomic mass is 16.2. The first kappa shape index (κ1) is 13.0. The van der Waals surface area contributed by atoms with Crippen molar-refractivity contribution in [2.45, 2.75) is 45.8 Å². The molecule has 1 aliphatic heterocycles. The Morgan fingerprint density at radius 2 is 2.33 bits per heavy atom. The van der Waals surface area contributed by atoms with Crippen LogP contribution in [0.2, 0.25) is 0 Å². The summed E-state index contributed by atoms with van der Waals surface area (Å²) in [4.78, 5) is 14.2. The van der Waals surface area contributed by atoms with Crippen molar-refractivity contribution >= 4 is 5.91 Å². The molecule has 0 saturated carbocycles. The highest BCUT2D eigenvalue weighted by molar-refractivity contribution is 5.81. The van der Waals surface area contributed by atoms with Crippen LogP contribution in [-0.2, 0) is 17.9 Å². The monoisotopic (exact) mass is 251 g/mol. The van der Waals surface area contributed by atoms with E-state index in [1.807, 2.05) is 11.6 Å². The van der Waals surface area contributed by atoms with E-state index < -0.39 is 0 Å². The van der Waals surface area contributed by atoms with Crippen LogP contribution in [0.4, 0.5) is 0 Å². The van der Waals surface area contributed by atoms with Crippen molar-refractivity contribution in [2.24, 2.45) is 0 Å². The van der Waals surface area contributed by atoms with E-state index in [1.54, 1.807) is 6.20 Å². The normalized spacial score (nSPS) is 21.7. The summed E-state index contributed by atoms with van der Waals surface area (Å²) < 4.78 is 1.88. The molecule has 0 radical (unpaired) electrons. The third-order valence-corrected chi connectivity index (χ3v) is 3.41. The lowest BCUT2D eigenvalue weighted by atomic mass is 10.1. The standard InChI is InChI=1S/C12H21N5O/c1-3-11-12(18)13-6-5-7-16(11)9-10-8-14-15-17(10)4-2/h8,11H,3-7,9H2,1-2H3,(H,13,18)/t11-/m0/s1. The van der Waals surface area contributed by atoms with Gasteiger partial charge in [0.2, 0.25) is 5.91 Å². The summed E-state index contributed by atoms with van der Waals surface area (Å²) in [5, 5.41) is 10.9. The number of nitrogens with one attached hydrogen (secondary N) is 1. The van der Waals surface area contributed by atoms with E-state index in [0.29, 0.717) is 0 Å². The molecule has 18 heavy (non-hydrogen) atoms. The summed E-state index contributed by atoms with van der Waals surface area (Å²) in [6.07, 6.45) is 3.62. The lowest BCUT2D eigenvalue weighted by Gasteiger charge is -2.27. The number of aromatic nitrogens is 3. The van der Waals surface area contributed by atoms with E-state index in [1.165, 1.54) is 0 Å². The molecule has 1 aliphatic rings. The number of hydrogen-bond acceptors (Lipinski definition) is 4. The number of nitrogens with zero attached hydrogens (tertiary/aromatic N) is 4. The topological polar surface area (TPSA) is 63.1 Å². The molecule has 1 atom stereocenters. The molecule has 1 saturated heterocycles. The van der Waals surface area contributed by atoms with Crippen LogP contribution >= 0.6 is 0 Å². The number of amides is 1. The largest absolute Gasteiger partial charge is 0.355 e. The van der Waals surface area contributed by atoms with Gasteiger partial charge in [0, 0.05) is 26.2 Å². The van der Waals surface area contributed by atoms with Crippen molar-refractivity contribution in [1.29, 1.82) is 0 Å². The van der Waals surface area contributed by atoms with Gasteiger partial charge in [-0.3, -0.25) is 9.69 Å². The van der Waals surface area contributed by atoms with Gasteiger partial charge in [-0.25, -0.2) is 4.68 Å². The van der Waals surface area contributed by atoms with Gasteiger partial charge in [0.25, 0.3) is 0 Å². The predicted molar refractivity (Wildman–Crippen MR) is 67.8 cm³/mol. The van der Waals surface area contributed by atoms with Gasteiger partial charge in [0.1, 0.15) is 0 Å². The molecule has 0 aromatic carbocycles. The SMILES string of the molecule is CC[C@H]1C(=O)NCCCN1Cc1cnnn1CC. The van der Waals surface area contributed by atoms with Crippen LogP contribution in [0, 0.1) is 0 Å². The zero-order valence-electron chi connectivity index (χ0n) is 11.1. The predicted octanol–water partition coefficient (Wildman–Crippen LogP) is 0.398. The lowest BCUT2D eigenvalue weighted by molar-refractivity contribution is -0.125. The molecule has 1 aromatic rings. The van der Waals surface area contributed by atoms with Gasteiger partial charge in [-0.15, -0.1) is 5.10 Å². The van der Waals surface area contributed by atoms with E-state index in [-0.39, 0.29) is 11.9 Å². The summed E-state index contributed by atoms with van der Waals surface area (Å²) >= 11 is 0. The molecule has 6 nitrogen and oxygen atoms in total. The molecule has 0 bridgehead atoms. The summed E-state index contributed by atoms with van der Waals surface area (Å²) in [5.41, 5.74) is 1.07. The number of rotatable bonds is 4. The van der Waals surface area contributed by atoms with Gasteiger partial charge >= 0.3 is 0 Å². The van der Waals surface area contributed by atoms with Crippen LogP contribution in [0.5, 0.6) is 0 Å². The molecule has 6 heteroatoms. The number of carbonyl (C=O) groups excluding carboxylic acids is 1. The van der Waals surface area contributed by atoms with Crippen LogP contribution in [0.1, 0.15) is 32.4 Å².